The minimum atomic E-state index is -0.470. The molecule has 0 spiro atoms. The van der Waals surface area contributed by atoms with Crippen molar-refractivity contribution in [1.82, 2.24) is 5.32 Å². The number of halogens is 2. The number of amides is 1. The minimum Gasteiger partial charge on any atom is -0.351 e. The van der Waals surface area contributed by atoms with E-state index in [9.17, 15) is 9.18 Å². The number of carbonyl (C=O) groups is 1. The Kier molecular flexibility index (Phi) is 5.32. The highest BCUT2D eigenvalue weighted by Crippen LogP contribution is 2.21. The Bertz CT molecular complexity index is 437. The van der Waals surface area contributed by atoms with Crippen LogP contribution in [-0.4, -0.2) is 18.5 Å². The zero-order chi connectivity index (χ0) is 14.6. The van der Waals surface area contributed by atoms with Crippen molar-refractivity contribution in [3.8, 4) is 0 Å². The molecular formula is C14H20ClFN2O. The molecule has 3 N–H and O–H groups in total. The second kappa shape index (κ2) is 6.35. The summed E-state index contributed by atoms with van der Waals surface area (Å²) in [6.45, 7) is 6.29. The molecule has 3 nitrogen and oxygen atoms in total. The summed E-state index contributed by atoms with van der Waals surface area (Å²) < 4.78 is 13.6. The van der Waals surface area contributed by atoms with E-state index in [0.29, 0.717) is 6.54 Å². The van der Waals surface area contributed by atoms with E-state index in [-0.39, 0.29) is 34.4 Å². The van der Waals surface area contributed by atoms with Crippen LogP contribution in [0.3, 0.4) is 0 Å². The van der Waals surface area contributed by atoms with Gasteiger partial charge in [-0.3, -0.25) is 4.79 Å². The van der Waals surface area contributed by atoms with E-state index in [1.165, 1.54) is 12.1 Å². The number of nitrogens with one attached hydrogen (secondary N) is 1. The Morgan fingerprint density at radius 1 is 1.47 bits per heavy atom. The maximum absolute atomic E-state index is 13.6. The first-order valence-electron chi connectivity index (χ1n) is 6.18. The Labute approximate surface area is 118 Å². The lowest BCUT2D eigenvalue weighted by molar-refractivity contribution is -0.121. The van der Waals surface area contributed by atoms with Gasteiger partial charge in [-0.2, -0.15) is 0 Å². The van der Waals surface area contributed by atoms with Crippen LogP contribution in [0.25, 0.3) is 0 Å². The van der Waals surface area contributed by atoms with Gasteiger partial charge in [0.2, 0.25) is 5.91 Å². The molecule has 106 valence electrons. The fourth-order valence-electron chi connectivity index (χ4n) is 1.74. The fourth-order valence-corrected chi connectivity index (χ4v) is 1.97. The van der Waals surface area contributed by atoms with Crippen LogP contribution in [0.5, 0.6) is 0 Å². The van der Waals surface area contributed by atoms with Gasteiger partial charge < -0.3 is 11.1 Å². The Morgan fingerprint density at radius 3 is 2.58 bits per heavy atom. The highest BCUT2D eigenvalue weighted by Gasteiger charge is 2.25. The van der Waals surface area contributed by atoms with Crippen LogP contribution < -0.4 is 11.1 Å². The van der Waals surface area contributed by atoms with E-state index in [1.54, 1.807) is 6.07 Å². The van der Waals surface area contributed by atoms with Crippen LogP contribution in [0.15, 0.2) is 18.2 Å². The van der Waals surface area contributed by atoms with Crippen LogP contribution in [0.1, 0.15) is 26.3 Å². The molecule has 19 heavy (non-hydrogen) atoms. The smallest absolute Gasteiger partial charge is 0.224 e. The third kappa shape index (κ3) is 4.48. The van der Waals surface area contributed by atoms with Crippen molar-refractivity contribution in [3.63, 3.8) is 0 Å². The molecule has 1 aromatic rings. The molecule has 5 heteroatoms. The van der Waals surface area contributed by atoms with Gasteiger partial charge in [-0.05, 0) is 17.5 Å². The van der Waals surface area contributed by atoms with Gasteiger partial charge in [0.05, 0.1) is 6.42 Å². The van der Waals surface area contributed by atoms with Crippen molar-refractivity contribution in [1.29, 1.82) is 0 Å². The maximum atomic E-state index is 13.6. The lowest BCUT2D eigenvalue weighted by Crippen LogP contribution is -2.48. The SMILES string of the molecule is CC(C)(C)C(CN)NC(=O)Cc1c(F)cccc1Cl. The summed E-state index contributed by atoms with van der Waals surface area (Å²) in [5.41, 5.74) is 5.71. The Morgan fingerprint density at radius 2 is 2.11 bits per heavy atom. The number of hydrogen-bond acceptors (Lipinski definition) is 2. The third-order valence-electron chi connectivity index (χ3n) is 3.02. The summed E-state index contributed by atoms with van der Waals surface area (Å²) in [6, 6.07) is 4.21. The largest absolute Gasteiger partial charge is 0.351 e. The Balaban J connectivity index is 2.76. The van der Waals surface area contributed by atoms with Crippen LogP contribution in [0.4, 0.5) is 4.39 Å². The second-order valence-corrected chi connectivity index (χ2v) is 6.01. The summed E-state index contributed by atoms with van der Waals surface area (Å²) in [7, 11) is 0. The predicted octanol–water partition coefficient (Wildman–Crippen LogP) is 2.51. The third-order valence-corrected chi connectivity index (χ3v) is 3.37. The molecule has 0 fully saturated rings. The zero-order valence-corrected chi connectivity index (χ0v) is 12.2. The van der Waals surface area contributed by atoms with Crippen molar-refractivity contribution in [2.24, 2.45) is 11.1 Å². The first-order valence-corrected chi connectivity index (χ1v) is 6.56. The molecule has 0 aliphatic carbocycles. The van der Waals surface area contributed by atoms with Gasteiger partial charge in [-0.15, -0.1) is 0 Å². The summed E-state index contributed by atoms with van der Waals surface area (Å²) in [6.07, 6.45) is -0.0852. The summed E-state index contributed by atoms with van der Waals surface area (Å²) in [4.78, 5) is 11.9. The second-order valence-electron chi connectivity index (χ2n) is 5.60. The maximum Gasteiger partial charge on any atom is 0.224 e. The van der Waals surface area contributed by atoms with Gasteiger partial charge in [0.15, 0.2) is 0 Å². The fraction of sp³-hybridized carbons (Fsp3) is 0.500. The van der Waals surface area contributed by atoms with Gasteiger partial charge in [0.1, 0.15) is 5.82 Å². The molecule has 0 radical (unpaired) electrons. The van der Waals surface area contributed by atoms with Gasteiger partial charge in [-0.25, -0.2) is 4.39 Å². The topological polar surface area (TPSA) is 55.1 Å². The molecule has 1 amide bonds. The van der Waals surface area contributed by atoms with E-state index in [4.69, 9.17) is 17.3 Å². The van der Waals surface area contributed by atoms with Gasteiger partial charge in [0.25, 0.3) is 0 Å². The number of benzene rings is 1. The highest BCUT2D eigenvalue weighted by molar-refractivity contribution is 6.31. The number of hydrogen-bond donors (Lipinski definition) is 2. The first kappa shape index (κ1) is 15.9. The van der Waals surface area contributed by atoms with Crippen LogP contribution in [0, 0.1) is 11.2 Å². The molecule has 0 aliphatic heterocycles. The van der Waals surface area contributed by atoms with Crippen molar-refractivity contribution in [2.45, 2.75) is 33.2 Å². The number of carbonyl (C=O) groups excluding carboxylic acids is 1. The van der Waals surface area contributed by atoms with E-state index < -0.39 is 5.82 Å². The average Bonchev–Trinajstić information content (AvgIpc) is 2.29. The molecule has 1 aromatic carbocycles. The molecule has 1 atom stereocenters. The Hall–Kier alpha value is -1.13. The van der Waals surface area contributed by atoms with Crippen LogP contribution in [-0.2, 0) is 11.2 Å². The highest BCUT2D eigenvalue weighted by atomic mass is 35.5. The molecule has 0 heterocycles. The van der Waals surface area contributed by atoms with E-state index in [2.05, 4.69) is 5.32 Å². The monoisotopic (exact) mass is 286 g/mol. The molecular weight excluding hydrogens is 267 g/mol. The lowest BCUT2D eigenvalue weighted by Gasteiger charge is -2.30. The lowest BCUT2D eigenvalue weighted by atomic mass is 9.86. The van der Waals surface area contributed by atoms with E-state index >= 15 is 0 Å². The van der Waals surface area contributed by atoms with E-state index in [0.717, 1.165) is 0 Å². The molecule has 1 rings (SSSR count). The number of rotatable bonds is 4. The molecule has 0 saturated carbocycles. The van der Waals surface area contributed by atoms with E-state index in [1.807, 2.05) is 20.8 Å². The average molecular weight is 287 g/mol. The van der Waals surface area contributed by atoms with Crippen molar-refractivity contribution in [2.75, 3.05) is 6.54 Å². The van der Waals surface area contributed by atoms with Crippen molar-refractivity contribution >= 4 is 17.5 Å². The predicted molar refractivity (Wildman–Crippen MR) is 75.6 cm³/mol. The molecule has 0 bridgehead atoms. The summed E-state index contributed by atoms with van der Waals surface area (Å²) >= 11 is 5.89. The van der Waals surface area contributed by atoms with Gasteiger partial charge in [-0.1, -0.05) is 38.4 Å². The number of nitrogens with two attached hydrogens (primary N) is 1. The first-order chi connectivity index (χ1) is 8.75. The molecule has 1 unspecified atom stereocenters. The van der Waals surface area contributed by atoms with Crippen molar-refractivity contribution in [3.05, 3.63) is 34.6 Å². The standard InChI is InChI=1S/C14H20ClFN2O/c1-14(2,3)12(8-17)18-13(19)7-9-10(15)5-4-6-11(9)16/h4-6,12H,7-8,17H2,1-3H3,(H,18,19). The molecule has 0 aliphatic rings. The van der Waals surface area contributed by atoms with Crippen molar-refractivity contribution < 1.29 is 9.18 Å². The minimum absolute atomic E-state index is 0.0852. The van der Waals surface area contributed by atoms with Crippen LogP contribution >= 0.6 is 11.6 Å². The van der Waals surface area contributed by atoms with Crippen LogP contribution in [0.2, 0.25) is 5.02 Å². The normalized spacial score (nSPS) is 13.2. The summed E-state index contributed by atoms with van der Waals surface area (Å²) in [5, 5.41) is 3.08. The quantitative estimate of drug-likeness (QED) is 0.893. The molecule has 0 saturated heterocycles. The van der Waals surface area contributed by atoms with Gasteiger partial charge in [0, 0.05) is 23.2 Å². The zero-order valence-electron chi connectivity index (χ0n) is 11.5. The molecule has 0 aromatic heterocycles. The summed E-state index contributed by atoms with van der Waals surface area (Å²) in [5.74, 6) is -0.750. The van der Waals surface area contributed by atoms with Gasteiger partial charge >= 0.3 is 0 Å².